The topological polar surface area (TPSA) is 69.7 Å². The van der Waals surface area contributed by atoms with Gasteiger partial charge in [0, 0.05) is 31.5 Å². The Balaban J connectivity index is 1.55. The van der Waals surface area contributed by atoms with Crippen molar-refractivity contribution in [2.75, 3.05) is 31.5 Å². The number of halogens is 3. The highest BCUT2D eigenvalue weighted by molar-refractivity contribution is 5.95. The number of carbonyl (C=O) groups is 3. The third-order valence-corrected chi connectivity index (χ3v) is 5.62. The molecule has 1 N–H and O–H groups in total. The van der Waals surface area contributed by atoms with Crippen molar-refractivity contribution in [3.05, 3.63) is 29.8 Å². The predicted octanol–water partition coefficient (Wildman–Crippen LogP) is 3.14. The van der Waals surface area contributed by atoms with Crippen molar-refractivity contribution >= 4 is 23.4 Å². The first-order valence-electron chi connectivity index (χ1n) is 10.2. The molecule has 164 valence electrons. The van der Waals surface area contributed by atoms with Crippen LogP contribution in [0.4, 0.5) is 18.9 Å². The number of hydrogen-bond acceptors (Lipinski definition) is 3. The number of rotatable bonds is 6. The molecule has 1 aromatic carbocycles. The van der Waals surface area contributed by atoms with E-state index < -0.39 is 17.6 Å². The lowest BCUT2D eigenvalue weighted by Gasteiger charge is -2.34. The maximum Gasteiger partial charge on any atom is 0.418 e. The number of piperidine rings is 1. The van der Waals surface area contributed by atoms with Crippen LogP contribution in [0.1, 0.15) is 38.2 Å². The highest BCUT2D eigenvalue weighted by Gasteiger charge is 2.37. The summed E-state index contributed by atoms with van der Waals surface area (Å²) in [4.78, 5) is 40.5. The van der Waals surface area contributed by atoms with E-state index >= 15 is 0 Å². The van der Waals surface area contributed by atoms with Crippen LogP contribution in [0.15, 0.2) is 24.3 Å². The second-order valence-electron chi connectivity index (χ2n) is 7.82. The van der Waals surface area contributed by atoms with Crippen LogP contribution in [0, 0.1) is 11.8 Å². The summed E-state index contributed by atoms with van der Waals surface area (Å²) in [5.74, 6) is -0.856. The van der Waals surface area contributed by atoms with E-state index in [1.807, 2.05) is 0 Å². The van der Waals surface area contributed by atoms with Gasteiger partial charge in [0.25, 0.3) is 0 Å². The summed E-state index contributed by atoms with van der Waals surface area (Å²) in [6.45, 7) is 2.72. The number of benzene rings is 1. The number of nitrogens with zero attached hydrogens (tertiary/aromatic N) is 2. The van der Waals surface area contributed by atoms with E-state index in [0.717, 1.165) is 18.9 Å². The average Bonchev–Trinajstić information content (AvgIpc) is 3.56. The number of likely N-dealkylation sites (tertiary alicyclic amines) is 1. The van der Waals surface area contributed by atoms with Crippen LogP contribution in [-0.4, -0.2) is 53.7 Å². The van der Waals surface area contributed by atoms with Gasteiger partial charge in [0.2, 0.25) is 17.7 Å². The Bertz CT molecular complexity index is 800. The van der Waals surface area contributed by atoms with Crippen LogP contribution in [0.2, 0.25) is 0 Å². The van der Waals surface area contributed by atoms with Gasteiger partial charge in [0.15, 0.2) is 0 Å². The minimum Gasteiger partial charge on any atom is -0.342 e. The van der Waals surface area contributed by atoms with E-state index in [9.17, 15) is 27.6 Å². The molecule has 6 nitrogen and oxygen atoms in total. The fourth-order valence-corrected chi connectivity index (χ4v) is 3.74. The minimum absolute atomic E-state index is 0.146. The monoisotopic (exact) mass is 425 g/mol. The molecule has 1 heterocycles. The van der Waals surface area contributed by atoms with Crippen molar-refractivity contribution < 1.29 is 27.6 Å². The van der Waals surface area contributed by atoms with Gasteiger partial charge in [-0.25, -0.2) is 0 Å². The molecule has 2 aliphatic rings. The summed E-state index contributed by atoms with van der Waals surface area (Å²) in [6, 6.07) is 4.74. The van der Waals surface area contributed by atoms with Crippen molar-refractivity contribution in [1.29, 1.82) is 0 Å². The van der Waals surface area contributed by atoms with E-state index in [1.54, 1.807) is 11.8 Å². The largest absolute Gasteiger partial charge is 0.418 e. The Morgan fingerprint density at radius 2 is 1.70 bits per heavy atom. The van der Waals surface area contributed by atoms with Crippen LogP contribution < -0.4 is 5.32 Å². The van der Waals surface area contributed by atoms with Crippen LogP contribution in [0.5, 0.6) is 0 Å². The zero-order chi connectivity index (χ0) is 21.9. The van der Waals surface area contributed by atoms with E-state index in [4.69, 9.17) is 0 Å². The predicted molar refractivity (Wildman–Crippen MR) is 104 cm³/mol. The van der Waals surface area contributed by atoms with Gasteiger partial charge in [-0.1, -0.05) is 12.1 Å². The van der Waals surface area contributed by atoms with E-state index in [0.29, 0.717) is 25.9 Å². The van der Waals surface area contributed by atoms with Crippen molar-refractivity contribution in [2.45, 2.75) is 38.8 Å². The van der Waals surface area contributed by atoms with Gasteiger partial charge in [0.1, 0.15) is 0 Å². The van der Waals surface area contributed by atoms with Gasteiger partial charge in [-0.15, -0.1) is 0 Å². The molecule has 0 aromatic heterocycles. The molecule has 1 saturated heterocycles. The van der Waals surface area contributed by atoms with Crippen molar-refractivity contribution in [1.82, 2.24) is 9.80 Å². The summed E-state index contributed by atoms with van der Waals surface area (Å²) < 4.78 is 39.3. The number of alkyl halides is 3. The zero-order valence-electron chi connectivity index (χ0n) is 16.9. The van der Waals surface area contributed by atoms with Crippen LogP contribution >= 0.6 is 0 Å². The highest BCUT2D eigenvalue weighted by Crippen LogP contribution is 2.35. The number of hydrogen-bond donors (Lipinski definition) is 1. The molecule has 1 aromatic rings. The lowest BCUT2D eigenvalue weighted by Crippen LogP contribution is -2.46. The van der Waals surface area contributed by atoms with Gasteiger partial charge >= 0.3 is 6.18 Å². The number of carbonyl (C=O) groups excluding carboxylic acids is 3. The van der Waals surface area contributed by atoms with E-state index in [1.165, 1.54) is 23.1 Å². The van der Waals surface area contributed by atoms with Gasteiger partial charge in [0.05, 0.1) is 17.8 Å². The van der Waals surface area contributed by atoms with Gasteiger partial charge in [-0.3, -0.25) is 14.4 Å². The Labute approximate surface area is 173 Å². The summed E-state index contributed by atoms with van der Waals surface area (Å²) in [5.41, 5.74) is -1.26. The zero-order valence-corrected chi connectivity index (χ0v) is 16.9. The molecule has 30 heavy (non-hydrogen) atoms. The molecule has 0 unspecified atom stereocenters. The molecular formula is C21H26F3N3O3. The first-order valence-corrected chi connectivity index (χ1v) is 10.2. The first kappa shape index (κ1) is 22.1. The Kier molecular flexibility index (Phi) is 6.67. The third kappa shape index (κ3) is 5.31. The molecule has 1 aliphatic heterocycles. The SMILES string of the molecule is CCN(CC(=O)Nc1ccccc1C(F)(F)F)C(=O)C1CCN(C(=O)C2CC2)CC1. The molecular weight excluding hydrogens is 399 g/mol. The normalized spacial score (nSPS) is 17.5. The Hall–Kier alpha value is -2.58. The van der Waals surface area contributed by atoms with Crippen LogP contribution in [0.3, 0.4) is 0 Å². The van der Waals surface area contributed by atoms with Gasteiger partial charge < -0.3 is 15.1 Å². The standard InChI is InChI=1S/C21H26F3N3O3/c1-2-26(13-18(28)25-17-6-4-3-5-16(17)21(22,23)24)19(29)15-9-11-27(12-10-15)20(30)14-7-8-14/h3-6,14-15H,2,7-13H2,1H3,(H,25,28). The fourth-order valence-electron chi connectivity index (χ4n) is 3.74. The highest BCUT2D eigenvalue weighted by atomic mass is 19.4. The maximum absolute atomic E-state index is 13.1. The van der Waals surface area contributed by atoms with Crippen molar-refractivity contribution in [3.63, 3.8) is 0 Å². The lowest BCUT2D eigenvalue weighted by atomic mass is 9.95. The summed E-state index contributed by atoms with van der Waals surface area (Å²) in [7, 11) is 0. The van der Waals surface area contributed by atoms with E-state index in [2.05, 4.69) is 5.32 Å². The molecule has 0 spiro atoms. The number of para-hydroxylation sites is 1. The maximum atomic E-state index is 13.1. The smallest absolute Gasteiger partial charge is 0.342 e. The minimum atomic E-state index is -4.59. The molecule has 2 fully saturated rings. The van der Waals surface area contributed by atoms with Crippen LogP contribution in [-0.2, 0) is 20.6 Å². The molecule has 0 atom stereocenters. The third-order valence-electron chi connectivity index (χ3n) is 5.62. The fraction of sp³-hybridized carbons (Fsp3) is 0.571. The summed E-state index contributed by atoms with van der Waals surface area (Å²) >= 11 is 0. The molecule has 3 amide bonds. The number of nitrogens with one attached hydrogen (secondary N) is 1. The Morgan fingerprint density at radius 3 is 2.27 bits per heavy atom. The van der Waals surface area contributed by atoms with Crippen molar-refractivity contribution in [2.24, 2.45) is 11.8 Å². The summed E-state index contributed by atoms with van der Waals surface area (Å²) in [5, 5.41) is 2.28. The molecule has 3 rings (SSSR count). The lowest BCUT2D eigenvalue weighted by molar-refractivity contribution is -0.142. The van der Waals surface area contributed by atoms with E-state index in [-0.39, 0.29) is 42.4 Å². The molecule has 1 saturated carbocycles. The summed E-state index contributed by atoms with van der Waals surface area (Å²) in [6.07, 6.45) is -1.64. The number of likely N-dealkylation sites (N-methyl/N-ethyl adjacent to an activating group) is 1. The van der Waals surface area contributed by atoms with Crippen LogP contribution in [0.25, 0.3) is 0 Å². The quantitative estimate of drug-likeness (QED) is 0.761. The second kappa shape index (κ2) is 9.06. The van der Waals surface area contributed by atoms with Gasteiger partial charge in [-0.2, -0.15) is 13.2 Å². The number of amides is 3. The molecule has 0 bridgehead atoms. The molecule has 9 heteroatoms. The molecule has 0 radical (unpaired) electrons. The Morgan fingerprint density at radius 1 is 1.07 bits per heavy atom. The number of anilines is 1. The first-order chi connectivity index (χ1) is 14.2. The van der Waals surface area contributed by atoms with Gasteiger partial charge in [-0.05, 0) is 44.7 Å². The molecule has 1 aliphatic carbocycles. The van der Waals surface area contributed by atoms with Crippen molar-refractivity contribution in [3.8, 4) is 0 Å². The average molecular weight is 425 g/mol. The second-order valence-corrected chi connectivity index (χ2v) is 7.82.